The molecule has 0 amide bonds. The summed E-state index contributed by atoms with van der Waals surface area (Å²) in [6.45, 7) is 28.0. The van der Waals surface area contributed by atoms with Crippen LogP contribution in [0.15, 0.2) is 47.6 Å². The van der Waals surface area contributed by atoms with Gasteiger partial charge in [-0.15, -0.1) is 0 Å². The first kappa shape index (κ1) is 70.8. The summed E-state index contributed by atoms with van der Waals surface area (Å²) in [4.78, 5) is 66.1. The summed E-state index contributed by atoms with van der Waals surface area (Å²) in [7, 11) is 0.840. The molecule has 0 aromatic heterocycles. The number of carbonyl (C=O) groups is 4. The lowest BCUT2D eigenvalue weighted by atomic mass is 9.47. The zero-order valence-electron chi connectivity index (χ0n) is 57.5. The standard InChI is InChI=1S/C74H120NO12P/c1-16-52(48(3)4)20-18-50(7)61-26-28-63-59-24-22-54-44-56(34-38-71(54,9)65(59)36-40-73(61,63)11)85-68(77)31-30-67(76)82-46-58(47-84-88(80,81)83-43-42-75(13,14)15)87-70(79)33-32-69(78)86-57-35-39-72(10)55(45-57)23-25-60-64-29-27-62(74(64,12)41-37-66(60)72)51(8)19-21-53(17-2)49(5)6/h18-23,48-53,56-66H,16-17,24-47H2,1-15H3/b20-18+,21-19+/t50?,51?,52-,53-,56+,57+,58?,59+,60+,61-,62-,63+,64+,65+,66+,71+,72+,73-,74-/m1/s1. The van der Waals surface area contributed by atoms with Crippen molar-refractivity contribution in [2.45, 2.75) is 243 Å². The first-order valence-electron chi connectivity index (χ1n) is 35.3. The second-order valence-electron chi connectivity index (χ2n) is 32.2. The first-order valence-corrected chi connectivity index (χ1v) is 36.8. The number of carbonyl (C=O) groups excluding carboxylic acids is 4. The molecule has 6 fully saturated rings. The normalized spacial score (nSPS) is 36.1. The fourth-order valence-corrected chi connectivity index (χ4v) is 20.7. The molecule has 0 saturated heterocycles. The number of nitrogens with zero attached hydrogens (tertiary/aromatic N) is 1. The van der Waals surface area contributed by atoms with E-state index in [1.807, 2.05) is 21.1 Å². The average molecular weight is 1250 g/mol. The molecular formula is C74H120NO12P. The van der Waals surface area contributed by atoms with Crippen LogP contribution in [0.4, 0.5) is 0 Å². The van der Waals surface area contributed by atoms with Crippen molar-refractivity contribution < 1.29 is 61.1 Å². The fraction of sp³-hybridized carbons (Fsp3) is 0.838. The molecule has 0 N–H and O–H groups in total. The van der Waals surface area contributed by atoms with Crippen LogP contribution in [-0.2, 0) is 51.7 Å². The van der Waals surface area contributed by atoms with E-state index in [4.69, 9.17) is 28.0 Å². The number of quaternary nitrogens is 1. The average Bonchev–Trinajstić information content (AvgIpc) is 1.33. The van der Waals surface area contributed by atoms with Crippen LogP contribution in [-0.4, -0.2) is 94.2 Å². The van der Waals surface area contributed by atoms with Gasteiger partial charge >= 0.3 is 23.9 Å². The summed E-state index contributed by atoms with van der Waals surface area (Å²) in [6, 6.07) is 0. The van der Waals surface area contributed by atoms with Gasteiger partial charge in [-0.05, 0) is 207 Å². The van der Waals surface area contributed by atoms with Gasteiger partial charge in [-0.2, -0.15) is 0 Å². The summed E-state index contributed by atoms with van der Waals surface area (Å²) >= 11 is 0. The molecule has 88 heavy (non-hydrogen) atoms. The minimum absolute atomic E-state index is 0.0815. The van der Waals surface area contributed by atoms with Crippen molar-refractivity contribution in [3.8, 4) is 0 Å². The van der Waals surface area contributed by atoms with Crippen LogP contribution < -0.4 is 4.89 Å². The maximum atomic E-state index is 13.4. The Morgan fingerprint density at radius 1 is 0.580 bits per heavy atom. The molecular weight excluding hydrogens is 1130 g/mol. The van der Waals surface area contributed by atoms with E-state index in [0.29, 0.717) is 106 Å². The highest BCUT2D eigenvalue weighted by atomic mass is 31.2. The number of hydrogen-bond acceptors (Lipinski definition) is 12. The van der Waals surface area contributed by atoms with Crippen molar-refractivity contribution in [2.75, 3.05) is 47.5 Å². The lowest BCUT2D eigenvalue weighted by Gasteiger charge is -2.58. The van der Waals surface area contributed by atoms with E-state index < -0.39 is 51.0 Å². The molecule has 0 bridgehead atoms. The van der Waals surface area contributed by atoms with Gasteiger partial charge in [0.2, 0.25) is 0 Å². The van der Waals surface area contributed by atoms with Gasteiger partial charge in [0.15, 0.2) is 6.10 Å². The second-order valence-corrected chi connectivity index (χ2v) is 33.6. The molecule has 8 aliphatic rings. The number of phosphoric acid groups is 1. The second kappa shape index (κ2) is 29.5. The molecule has 13 nitrogen and oxygen atoms in total. The van der Waals surface area contributed by atoms with Gasteiger partial charge < -0.3 is 37.4 Å². The molecule has 0 aliphatic heterocycles. The lowest BCUT2D eigenvalue weighted by molar-refractivity contribution is -0.870. The van der Waals surface area contributed by atoms with Gasteiger partial charge in [-0.25, -0.2) is 0 Å². The van der Waals surface area contributed by atoms with Gasteiger partial charge in [-0.3, -0.25) is 23.7 Å². The van der Waals surface area contributed by atoms with E-state index >= 15 is 0 Å². The van der Waals surface area contributed by atoms with E-state index in [1.54, 1.807) is 0 Å². The van der Waals surface area contributed by atoms with Crippen molar-refractivity contribution in [3.05, 3.63) is 47.6 Å². The monoisotopic (exact) mass is 1250 g/mol. The summed E-state index contributed by atoms with van der Waals surface area (Å²) in [5.41, 5.74) is 3.71. The fourth-order valence-electron chi connectivity index (χ4n) is 20.0. The number of allylic oxidation sites excluding steroid dienone is 6. The van der Waals surface area contributed by atoms with E-state index in [0.717, 1.165) is 50.4 Å². The quantitative estimate of drug-likeness (QED) is 0.0240. The summed E-state index contributed by atoms with van der Waals surface area (Å²) in [6.07, 6.45) is 31.8. The van der Waals surface area contributed by atoms with Crippen LogP contribution in [0.3, 0.4) is 0 Å². The van der Waals surface area contributed by atoms with Crippen molar-refractivity contribution in [1.29, 1.82) is 0 Å². The highest BCUT2D eigenvalue weighted by Gasteiger charge is 2.61. The van der Waals surface area contributed by atoms with Gasteiger partial charge in [0, 0.05) is 12.8 Å². The van der Waals surface area contributed by atoms with Crippen LogP contribution in [0.5, 0.6) is 0 Å². The Kier molecular flexibility index (Phi) is 23.7. The van der Waals surface area contributed by atoms with Crippen molar-refractivity contribution >= 4 is 31.7 Å². The molecule has 8 rings (SSSR count). The Hall–Kier alpha value is -3.09. The van der Waals surface area contributed by atoms with Gasteiger partial charge in [0.1, 0.15) is 32.0 Å². The third-order valence-corrected chi connectivity index (χ3v) is 26.3. The molecule has 20 atom stereocenters. The number of ether oxygens (including phenoxy) is 4. The van der Waals surface area contributed by atoms with Crippen molar-refractivity contribution in [2.24, 2.45) is 105 Å². The van der Waals surface area contributed by atoms with Crippen LogP contribution >= 0.6 is 7.82 Å². The summed E-state index contributed by atoms with van der Waals surface area (Å²) < 4.78 is 46.7. The van der Waals surface area contributed by atoms with E-state index in [-0.39, 0.29) is 55.3 Å². The van der Waals surface area contributed by atoms with Crippen LogP contribution in [0.25, 0.3) is 0 Å². The molecule has 14 heteroatoms. The number of esters is 4. The van der Waals surface area contributed by atoms with Crippen LogP contribution in [0.2, 0.25) is 0 Å². The molecule has 498 valence electrons. The molecule has 0 aromatic rings. The SMILES string of the molecule is CC[C@H](/C=C/C(C)[C@H]1CC[C@H]2[C@@H]3CC=C4C[C@@H](OC(=O)CCC(=O)OCC(COP(=O)([O-])OCC[N+](C)(C)C)OC(=O)CCC(=O)O[C@H]5CC[C@@]6(C)C(=CC[C@H]7[C@@H]8CC[C@H](C(C)/C=C/[C@@H](CC)C(C)C)[C@@]8(C)CC[C@@H]76)C5)CC[C@]4(C)[C@H]3CC[C@]12C)C(C)C. The Balaban J connectivity index is 0.788. The van der Waals surface area contributed by atoms with Crippen molar-refractivity contribution in [1.82, 2.24) is 0 Å². The zero-order valence-corrected chi connectivity index (χ0v) is 58.4. The molecule has 6 saturated carbocycles. The first-order chi connectivity index (χ1) is 41.4. The van der Waals surface area contributed by atoms with Gasteiger partial charge in [-0.1, -0.05) is 131 Å². The predicted molar refractivity (Wildman–Crippen MR) is 346 cm³/mol. The number of rotatable bonds is 28. The topological polar surface area (TPSA) is 164 Å². The van der Waals surface area contributed by atoms with E-state index in [2.05, 4.69) is 120 Å². The minimum Gasteiger partial charge on any atom is -0.756 e. The molecule has 0 radical (unpaired) electrons. The van der Waals surface area contributed by atoms with Gasteiger partial charge in [0.05, 0.1) is 53.4 Å². The third-order valence-electron chi connectivity index (χ3n) is 25.3. The molecule has 0 heterocycles. The third kappa shape index (κ3) is 16.4. The van der Waals surface area contributed by atoms with Crippen LogP contribution in [0, 0.1) is 105 Å². The lowest BCUT2D eigenvalue weighted by Crippen LogP contribution is -2.51. The highest BCUT2D eigenvalue weighted by Crippen LogP contribution is 2.69. The van der Waals surface area contributed by atoms with Crippen LogP contribution in [0.1, 0.15) is 224 Å². The molecule has 4 unspecified atom stereocenters. The largest absolute Gasteiger partial charge is 0.756 e. The maximum absolute atomic E-state index is 13.4. The number of hydrogen-bond donors (Lipinski definition) is 0. The minimum atomic E-state index is -4.85. The van der Waals surface area contributed by atoms with Gasteiger partial charge in [0.25, 0.3) is 7.82 Å². The predicted octanol–water partition coefficient (Wildman–Crippen LogP) is 15.9. The number of fused-ring (bicyclic) bond motifs is 10. The Labute approximate surface area is 532 Å². The Bertz CT molecular complexity index is 2580. The van der Waals surface area contributed by atoms with Crippen molar-refractivity contribution in [3.63, 3.8) is 0 Å². The number of phosphoric ester groups is 1. The zero-order chi connectivity index (χ0) is 64.1. The smallest absolute Gasteiger partial charge is 0.306 e. The summed E-state index contributed by atoms with van der Waals surface area (Å²) in [5, 5.41) is 0. The number of likely N-dealkylation sites (N-methyl/N-ethyl adjacent to an activating group) is 1. The summed E-state index contributed by atoms with van der Waals surface area (Å²) in [5.74, 6) is 6.70. The molecule has 0 spiro atoms. The highest BCUT2D eigenvalue weighted by molar-refractivity contribution is 7.45. The van der Waals surface area contributed by atoms with E-state index in [9.17, 15) is 28.6 Å². The molecule has 0 aromatic carbocycles. The Morgan fingerprint density at radius 3 is 1.45 bits per heavy atom. The van der Waals surface area contributed by atoms with E-state index in [1.165, 1.54) is 75.4 Å². The maximum Gasteiger partial charge on any atom is 0.306 e. The Morgan fingerprint density at radius 2 is 1.02 bits per heavy atom. The molecule has 8 aliphatic carbocycles.